The third-order valence-corrected chi connectivity index (χ3v) is 3.97. The van der Waals surface area contributed by atoms with Crippen LogP contribution in [-0.2, 0) is 11.3 Å². The van der Waals surface area contributed by atoms with Crippen LogP contribution >= 0.6 is 0 Å². The van der Waals surface area contributed by atoms with E-state index in [4.69, 9.17) is 4.74 Å². The first-order chi connectivity index (χ1) is 11.0. The summed E-state index contributed by atoms with van der Waals surface area (Å²) >= 11 is 0. The monoisotopic (exact) mass is 311 g/mol. The van der Waals surface area contributed by atoms with Crippen molar-refractivity contribution < 1.29 is 9.53 Å². The molecule has 0 saturated carbocycles. The van der Waals surface area contributed by atoms with E-state index in [1.807, 2.05) is 57.2 Å². The summed E-state index contributed by atoms with van der Waals surface area (Å²) in [4.78, 5) is 12.4. The lowest BCUT2D eigenvalue weighted by atomic mass is 10.1. The van der Waals surface area contributed by atoms with E-state index in [2.05, 4.69) is 18.3 Å². The number of benzene rings is 2. The van der Waals surface area contributed by atoms with E-state index < -0.39 is 6.10 Å². The van der Waals surface area contributed by atoms with Crippen LogP contribution in [0.25, 0.3) is 0 Å². The van der Waals surface area contributed by atoms with Gasteiger partial charge in [0, 0.05) is 6.54 Å². The molecule has 23 heavy (non-hydrogen) atoms. The molecule has 1 atom stereocenters. The Hall–Kier alpha value is -2.29. The molecule has 2 aromatic carbocycles. The number of carbonyl (C=O) groups is 1. The molecule has 0 unspecified atom stereocenters. The zero-order valence-corrected chi connectivity index (χ0v) is 14.3. The fourth-order valence-corrected chi connectivity index (χ4v) is 2.40. The second-order valence-electron chi connectivity index (χ2n) is 5.97. The summed E-state index contributed by atoms with van der Waals surface area (Å²) in [7, 11) is 0. The van der Waals surface area contributed by atoms with Crippen molar-refractivity contribution in [1.82, 2.24) is 5.32 Å². The lowest BCUT2D eigenvalue weighted by Crippen LogP contribution is -2.37. The minimum Gasteiger partial charge on any atom is -0.481 e. The van der Waals surface area contributed by atoms with Gasteiger partial charge in [0.2, 0.25) is 0 Å². The molecule has 2 aromatic rings. The van der Waals surface area contributed by atoms with E-state index in [1.54, 1.807) is 0 Å². The fourth-order valence-electron chi connectivity index (χ4n) is 2.40. The highest BCUT2D eigenvalue weighted by Crippen LogP contribution is 2.18. The third kappa shape index (κ3) is 4.85. The highest BCUT2D eigenvalue weighted by atomic mass is 16.5. The normalized spacial score (nSPS) is 11.8. The number of nitrogens with one attached hydrogen (secondary N) is 1. The van der Waals surface area contributed by atoms with Crippen molar-refractivity contribution in [3.8, 4) is 5.75 Å². The van der Waals surface area contributed by atoms with Gasteiger partial charge in [0.15, 0.2) is 6.10 Å². The van der Waals surface area contributed by atoms with Gasteiger partial charge in [0.25, 0.3) is 5.91 Å². The van der Waals surface area contributed by atoms with Gasteiger partial charge in [-0.2, -0.15) is 0 Å². The number of amides is 1. The van der Waals surface area contributed by atoms with Crippen molar-refractivity contribution >= 4 is 5.91 Å². The molecular weight excluding hydrogens is 286 g/mol. The van der Waals surface area contributed by atoms with Crippen LogP contribution in [0, 0.1) is 20.8 Å². The van der Waals surface area contributed by atoms with Crippen molar-refractivity contribution in [2.75, 3.05) is 0 Å². The Kier molecular flexibility index (Phi) is 5.80. The van der Waals surface area contributed by atoms with Crippen LogP contribution in [0.15, 0.2) is 42.5 Å². The molecule has 0 bridgehead atoms. The largest absolute Gasteiger partial charge is 0.481 e. The SMILES string of the molecule is CC[C@H](Oc1ccc(C)c(C)c1)C(=O)NCc1cccc(C)c1. The summed E-state index contributed by atoms with van der Waals surface area (Å²) in [5.41, 5.74) is 4.67. The molecular formula is C20H25NO2. The van der Waals surface area contributed by atoms with E-state index in [-0.39, 0.29) is 5.91 Å². The van der Waals surface area contributed by atoms with Gasteiger partial charge in [-0.25, -0.2) is 0 Å². The number of aryl methyl sites for hydroxylation is 3. The molecule has 0 aromatic heterocycles. The molecule has 3 nitrogen and oxygen atoms in total. The third-order valence-electron chi connectivity index (χ3n) is 3.97. The Bertz CT molecular complexity index is 679. The van der Waals surface area contributed by atoms with Crippen LogP contribution in [0.3, 0.4) is 0 Å². The number of ether oxygens (including phenoxy) is 1. The van der Waals surface area contributed by atoms with E-state index in [0.29, 0.717) is 13.0 Å². The van der Waals surface area contributed by atoms with Gasteiger partial charge in [-0.15, -0.1) is 0 Å². The topological polar surface area (TPSA) is 38.3 Å². The summed E-state index contributed by atoms with van der Waals surface area (Å²) in [6.07, 6.45) is 0.161. The maximum absolute atomic E-state index is 12.4. The van der Waals surface area contributed by atoms with Crippen LogP contribution in [0.1, 0.15) is 35.6 Å². The summed E-state index contributed by atoms with van der Waals surface area (Å²) in [6, 6.07) is 14.0. The van der Waals surface area contributed by atoms with E-state index in [0.717, 1.165) is 16.9 Å². The average Bonchev–Trinajstić information content (AvgIpc) is 2.53. The van der Waals surface area contributed by atoms with Crippen molar-refractivity contribution in [2.24, 2.45) is 0 Å². The van der Waals surface area contributed by atoms with E-state index in [9.17, 15) is 4.79 Å². The Morgan fingerprint density at radius 1 is 1.09 bits per heavy atom. The Morgan fingerprint density at radius 2 is 1.87 bits per heavy atom. The molecule has 0 aliphatic heterocycles. The van der Waals surface area contributed by atoms with Crippen LogP contribution in [-0.4, -0.2) is 12.0 Å². The Balaban J connectivity index is 1.96. The van der Waals surface area contributed by atoms with Gasteiger partial charge in [-0.05, 0) is 56.0 Å². The van der Waals surface area contributed by atoms with Gasteiger partial charge >= 0.3 is 0 Å². The summed E-state index contributed by atoms with van der Waals surface area (Å²) in [5, 5.41) is 2.96. The summed E-state index contributed by atoms with van der Waals surface area (Å²) in [6.45, 7) is 8.63. The second-order valence-corrected chi connectivity index (χ2v) is 5.97. The molecule has 0 aliphatic rings. The molecule has 0 aliphatic carbocycles. The molecule has 1 amide bonds. The van der Waals surface area contributed by atoms with Crippen molar-refractivity contribution in [2.45, 2.75) is 46.8 Å². The predicted octanol–water partition coefficient (Wildman–Crippen LogP) is 4.09. The molecule has 0 spiro atoms. The van der Waals surface area contributed by atoms with Gasteiger partial charge in [0.05, 0.1) is 0 Å². The molecule has 2 rings (SSSR count). The van der Waals surface area contributed by atoms with Gasteiger partial charge in [0.1, 0.15) is 5.75 Å². The summed E-state index contributed by atoms with van der Waals surface area (Å²) < 4.78 is 5.86. The molecule has 0 saturated heterocycles. The highest BCUT2D eigenvalue weighted by Gasteiger charge is 2.18. The van der Waals surface area contributed by atoms with Gasteiger partial charge in [-0.1, -0.05) is 42.8 Å². The Morgan fingerprint density at radius 3 is 2.52 bits per heavy atom. The molecule has 122 valence electrons. The first-order valence-corrected chi connectivity index (χ1v) is 8.06. The van der Waals surface area contributed by atoms with Crippen molar-refractivity contribution in [1.29, 1.82) is 0 Å². The maximum atomic E-state index is 12.4. The minimum atomic E-state index is -0.470. The van der Waals surface area contributed by atoms with E-state index >= 15 is 0 Å². The van der Waals surface area contributed by atoms with Crippen molar-refractivity contribution in [3.05, 3.63) is 64.7 Å². The first kappa shape index (κ1) is 17.1. The zero-order valence-electron chi connectivity index (χ0n) is 14.3. The molecule has 0 heterocycles. The summed E-state index contributed by atoms with van der Waals surface area (Å²) in [5.74, 6) is 0.665. The van der Waals surface area contributed by atoms with Crippen LogP contribution in [0.5, 0.6) is 5.75 Å². The van der Waals surface area contributed by atoms with Crippen LogP contribution in [0.4, 0.5) is 0 Å². The van der Waals surface area contributed by atoms with Crippen molar-refractivity contribution in [3.63, 3.8) is 0 Å². The smallest absolute Gasteiger partial charge is 0.261 e. The fraction of sp³-hybridized carbons (Fsp3) is 0.350. The predicted molar refractivity (Wildman–Crippen MR) is 93.6 cm³/mol. The number of hydrogen-bond acceptors (Lipinski definition) is 2. The number of hydrogen-bond donors (Lipinski definition) is 1. The first-order valence-electron chi connectivity index (χ1n) is 8.06. The standard InChI is InChI=1S/C20H25NO2/c1-5-19(23-18-10-9-15(3)16(4)12-18)20(22)21-13-17-8-6-7-14(2)11-17/h6-12,19H,5,13H2,1-4H3,(H,21,22)/t19-/m0/s1. The molecule has 3 heteroatoms. The van der Waals surface area contributed by atoms with Gasteiger partial charge < -0.3 is 10.1 Å². The highest BCUT2D eigenvalue weighted by molar-refractivity contribution is 5.81. The minimum absolute atomic E-state index is 0.0766. The van der Waals surface area contributed by atoms with Gasteiger partial charge in [-0.3, -0.25) is 4.79 Å². The maximum Gasteiger partial charge on any atom is 0.261 e. The Labute approximate surface area is 138 Å². The van der Waals surface area contributed by atoms with Crippen LogP contribution in [0.2, 0.25) is 0 Å². The quantitative estimate of drug-likeness (QED) is 0.872. The molecule has 0 radical (unpaired) electrons. The molecule has 0 fully saturated rings. The van der Waals surface area contributed by atoms with E-state index in [1.165, 1.54) is 11.1 Å². The number of rotatable bonds is 6. The zero-order chi connectivity index (χ0) is 16.8. The van der Waals surface area contributed by atoms with Crippen LogP contribution < -0.4 is 10.1 Å². The average molecular weight is 311 g/mol. The lowest BCUT2D eigenvalue weighted by Gasteiger charge is -2.18. The number of carbonyl (C=O) groups excluding carboxylic acids is 1. The second kappa shape index (κ2) is 7.82. The molecule has 1 N–H and O–H groups in total. The lowest BCUT2D eigenvalue weighted by molar-refractivity contribution is -0.128.